The minimum absolute atomic E-state index is 0. The lowest BCUT2D eigenvalue weighted by atomic mass is 10.3. The van der Waals surface area contributed by atoms with Crippen molar-refractivity contribution in [3.05, 3.63) is 24.0 Å². The highest BCUT2D eigenvalue weighted by molar-refractivity contribution is 5.85. The third-order valence-electron chi connectivity index (χ3n) is 3.03. The van der Waals surface area contributed by atoms with Crippen molar-refractivity contribution in [1.29, 1.82) is 0 Å². The first-order chi connectivity index (χ1) is 8.87. The van der Waals surface area contributed by atoms with Crippen LogP contribution in [0.15, 0.2) is 18.2 Å². The molecule has 2 rings (SSSR count). The number of nitrogens with zero attached hydrogens (tertiary/aromatic N) is 2. The largest absolute Gasteiger partial charge is 1.00 e. The molecule has 0 radical (unpaired) electrons. The van der Waals surface area contributed by atoms with E-state index in [1.807, 2.05) is 23.1 Å². The Labute approximate surface area is 143 Å². The normalized spacial score (nSPS) is 11.0. The fraction of sp³-hybridized carbons (Fsp3) is 0.417. The van der Waals surface area contributed by atoms with E-state index in [1.165, 1.54) is 12.1 Å². The maximum Gasteiger partial charge on any atom is 0.573 e. The van der Waals surface area contributed by atoms with Gasteiger partial charge in [-0.25, -0.2) is 9.13 Å². The smallest absolute Gasteiger partial charge is 0.573 e. The second-order valence-electron chi connectivity index (χ2n) is 4.12. The lowest BCUT2D eigenvalue weighted by Gasteiger charge is -2.07. The molecule has 0 aliphatic heterocycles. The minimum atomic E-state index is -4.68. The predicted octanol–water partition coefficient (Wildman–Crippen LogP) is -0.731. The molecule has 9 heteroatoms. The molecule has 2 N–H and O–H groups in total. The van der Waals surface area contributed by atoms with Gasteiger partial charge in [-0.1, -0.05) is 0 Å². The van der Waals surface area contributed by atoms with Crippen molar-refractivity contribution in [3.8, 4) is 5.75 Å². The Morgan fingerprint density at radius 2 is 1.95 bits per heavy atom. The molecule has 0 atom stereocenters. The quantitative estimate of drug-likeness (QED) is 0.508. The summed E-state index contributed by atoms with van der Waals surface area (Å²) in [4.78, 5) is 0. The number of alkyl halides is 3. The molecule has 0 aliphatic rings. The van der Waals surface area contributed by atoms with Gasteiger partial charge in [0.1, 0.15) is 5.75 Å². The molecule has 0 saturated carbocycles. The van der Waals surface area contributed by atoms with Crippen LogP contribution in [0.25, 0.3) is 11.0 Å². The number of fused-ring (bicyclic) bond motifs is 1. The molecule has 0 bridgehead atoms. The summed E-state index contributed by atoms with van der Waals surface area (Å²) in [6, 6.07) is 4.28. The van der Waals surface area contributed by atoms with Crippen LogP contribution in [0.3, 0.4) is 0 Å². The monoisotopic (exact) mass is 437 g/mol. The summed E-state index contributed by atoms with van der Waals surface area (Å²) in [5, 5.41) is 0. The average Bonchev–Trinajstić information content (AvgIpc) is 2.59. The number of rotatable bonds is 3. The number of hydrogen-bond acceptors (Lipinski definition) is 2. The molecular formula is C12H16ClF3IN3O. The summed E-state index contributed by atoms with van der Waals surface area (Å²) in [6.45, 7) is 2.85. The Morgan fingerprint density at radius 3 is 2.43 bits per heavy atom. The third kappa shape index (κ3) is 4.13. The Morgan fingerprint density at radius 1 is 1.33 bits per heavy atom. The number of ether oxygens (including phenoxy) is 1. The molecule has 0 aliphatic carbocycles. The van der Waals surface area contributed by atoms with Crippen LogP contribution in [-0.4, -0.2) is 10.9 Å². The molecule has 21 heavy (non-hydrogen) atoms. The van der Waals surface area contributed by atoms with Crippen LogP contribution in [0.4, 0.5) is 13.2 Å². The van der Waals surface area contributed by atoms with Crippen molar-refractivity contribution in [2.45, 2.75) is 26.4 Å². The Bertz CT molecular complexity index is 616. The first-order valence-corrected chi connectivity index (χ1v) is 5.84. The van der Waals surface area contributed by atoms with Gasteiger partial charge in [-0.05, 0) is 19.1 Å². The third-order valence-corrected chi connectivity index (χ3v) is 3.03. The highest BCUT2D eigenvalue weighted by atomic mass is 127. The van der Waals surface area contributed by atoms with Gasteiger partial charge in [0, 0.05) is 6.07 Å². The van der Waals surface area contributed by atoms with Gasteiger partial charge in [0.25, 0.3) is 5.82 Å². The van der Waals surface area contributed by atoms with E-state index in [-0.39, 0.29) is 42.1 Å². The van der Waals surface area contributed by atoms with E-state index >= 15 is 0 Å². The van der Waals surface area contributed by atoms with E-state index in [9.17, 15) is 13.2 Å². The van der Waals surface area contributed by atoms with Gasteiger partial charge in [0.15, 0.2) is 11.0 Å². The van der Waals surface area contributed by atoms with E-state index in [0.29, 0.717) is 18.6 Å². The Kier molecular flexibility index (Phi) is 7.24. The van der Waals surface area contributed by atoms with Crippen LogP contribution in [0, 0.1) is 0 Å². The van der Waals surface area contributed by atoms with Crippen molar-refractivity contribution in [2.75, 3.05) is 0 Å². The van der Waals surface area contributed by atoms with Crippen LogP contribution in [0.5, 0.6) is 5.75 Å². The summed E-state index contributed by atoms with van der Waals surface area (Å²) in [7, 11) is 1.83. The predicted molar refractivity (Wildman–Crippen MR) is 70.6 cm³/mol. The summed E-state index contributed by atoms with van der Waals surface area (Å²) in [5.41, 5.74) is 7.17. The summed E-state index contributed by atoms with van der Waals surface area (Å²) in [5.74, 6) is 0.623. The highest BCUT2D eigenvalue weighted by Gasteiger charge is 2.32. The number of aryl methyl sites for hydroxylation is 2. The Hall–Kier alpha value is -0.740. The summed E-state index contributed by atoms with van der Waals surface area (Å²) >= 11 is 0. The van der Waals surface area contributed by atoms with Crippen LogP contribution in [-0.2, 0) is 20.1 Å². The van der Waals surface area contributed by atoms with Gasteiger partial charge in [0.05, 0.1) is 20.1 Å². The van der Waals surface area contributed by atoms with E-state index < -0.39 is 6.36 Å². The first kappa shape index (κ1) is 20.3. The van der Waals surface area contributed by atoms with Gasteiger partial charge in [-0.3, -0.25) is 0 Å². The lowest BCUT2D eigenvalue weighted by molar-refractivity contribution is -0.654. The lowest BCUT2D eigenvalue weighted by Crippen LogP contribution is -3.00. The standard InChI is InChI=1S/C12H15F3N3O.ClH.HI/c1-3-18-10-6-8(19-12(13,14)15)4-5-9(10)17(2)11(18)7-16;;/h4-6H,3,7,16H2,1-2H3;2*1H/q+1;;/p-1. The summed E-state index contributed by atoms with van der Waals surface area (Å²) in [6.07, 6.45) is -4.68. The fourth-order valence-electron chi connectivity index (χ4n) is 2.26. The van der Waals surface area contributed by atoms with Crippen molar-refractivity contribution < 1.29 is 46.5 Å². The molecule has 4 nitrogen and oxygen atoms in total. The number of halogens is 5. The van der Waals surface area contributed by atoms with Crippen molar-refractivity contribution >= 4 is 23.4 Å². The van der Waals surface area contributed by atoms with Gasteiger partial charge >= 0.3 is 6.36 Å². The second-order valence-corrected chi connectivity index (χ2v) is 4.12. The minimum Gasteiger partial charge on any atom is -1.00 e. The molecule has 120 valence electrons. The fourth-order valence-corrected chi connectivity index (χ4v) is 2.26. The first-order valence-electron chi connectivity index (χ1n) is 5.84. The number of aromatic nitrogens is 2. The molecule has 0 spiro atoms. The number of hydrogen-bond donors (Lipinski definition) is 1. The molecule has 1 aromatic heterocycles. The molecule has 1 heterocycles. The van der Waals surface area contributed by atoms with Gasteiger partial charge < -0.3 is 34.4 Å². The zero-order valence-corrected chi connectivity index (χ0v) is 14.4. The van der Waals surface area contributed by atoms with Crippen LogP contribution < -0.4 is 39.0 Å². The number of benzene rings is 1. The SMILES string of the molecule is CCn1c(CN)[n+](C)c2ccc(OC(F)(F)F)cc21.Cl.[I-]. The molecular weight excluding hydrogens is 422 g/mol. The van der Waals surface area contributed by atoms with Crippen LogP contribution in [0.2, 0.25) is 0 Å². The van der Waals surface area contributed by atoms with Crippen molar-refractivity contribution in [1.82, 2.24) is 4.57 Å². The maximum atomic E-state index is 12.2. The van der Waals surface area contributed by atoms with E-state index in [0.717, 1.165) is 11.3 Å². The van der Waals surface area contributed by atoms with Crippen molar-refractivity contribution in [2.24, 2.45) is 12.8 Å². The van der Waals surface area contributed by atoms with E-state index in [2.05, 4.69) is 4.74 Å². The Balaban J connectivity index is 0.00000200. The van der Waals surface area contributed by atoms with E-state index in [4.69, 9.17) is 5.73 Å². The maximum absolute atomic E-state index is 12.2. The van der Waals surface area contributed by atoms with E-state index in [1.54, 1.807) is 6.07 Å². The molecule has 0 saturated heterocycles. The second kappa shape index (κ2) is 7.50. The van der Waals surface area contributed by atoms with Gasteiger partial charge in [-0.2, -0.15) is 0 Å². The average molecular weight is 438 g/mol. The topological polar surface area (TPSA) is 44.1 Å². The summed E-state index contributed by atoms with van der Waals surface area (Å²) < 4.78 is 44.3. The van der Waals surface area contributed by atoms with Crippen molar-refractivity contribution in [3.63, 3.8) is 0 Å². The molecule has 1 aromatic carbocycles. The van der Waals surface area contributed by atoms with Gasteiger partial charge in [-0.15, -0.1) is 25.6 Å². The number of imidazole rings is 1. The zero-order chi connectivity index (χ0) is 14.2. The van der Waals surface area contributed by atoms with Crippen LogP contribution >= 0.6 is 12.4 Å². The number of nitrogens with two attached hydrogens (primary N) is 1. The molecule has 0 unspecified atom stereocenters. The van der Waals surface area contributed by atoms with Crippen LogP contribution in [0.1, 0.15) is 12.7 Å². The molecule has 0 fully saturated rings. The highest BCUT2D eigenvalue weighted by Crippen LogP contribution is 2.26. The molecule has 2 aromatic rings. The zero-order valence-electron chi connectivity index (χ0n) is 11.4. The molecule has 0 amide bonds. The van der Waals surface area contributed by atoms with Gasteiger partial charge in [0.2, 0.25) is 0 Å².